The van der Waals surface area contributed by atoms with Gasteiger partial charge in [-0.1, -0.05) is 60.7 Å². The topological polar surface area (TPSA) is 145 Å². The molecule has 0 bridgehead atoms. The summed E-state index contributed by atoms with van der Waals surface area (Å²) in [7, 11) is 1.48. The molecule has 1 amide bonds. The fraction of sp³-hybridized carbons (Fsp3) is 0.132. The highest BCUT2D eigenvalue weighted by atomic mass is 16.6. The summed E-state index contributed by atoms with van der Waals surface area (Å²) in [4.78, 5) is 26.7. The summed E-state index contributed by atoms with van der Waals surface area (Å²) < 4.78 is 23.6. The molecule has 5 N–H and O–H groups in total. The molecule has 5 aromatic carbocycles. The zero-order chi connectivity index (χ0) is 33.9. The summed E-state index contributed by atoms with van der Waals surface area (Å²) >= 11 is 0. The third-order valence-corrected chi connectivity index (χ3v) is 7.27. The predicted octanol–water partition coefficient (Wildman–Crippen LogP) is 6.49. The SMILES string of the molecule is COc1cc([C@](Nc2ccc(C(=N)N)cc2)(OC(C)=O)C(=O)NCc2ccccc2)ccc1OCc1cccc(Oc2ccccc2)c1. The summed E-state index contributed by atoms with van der Waals surface area (Å²) in [5.74, 6) is 0.676. The summed E-state index contributed by atoms with van der Waals surface area (Å²) in [6.07, 6.45) is 0. The van der Waals surface area contributed by atoms with Crippen LogP contribution < -0.4 is 30.6 Å². The minimum Gasteiger partial charge on any atom is -0.493 e. The number of amides is 1. The van der Waals surface area contributed by atoms with Gasteiger partial charge in [-0.25, -0.2) is 0 Å². The highest BCUT2D eigenvalue weighted by Crippen LogP contribution is 2.36. The Bertz CT molecular complexity index is 1870. The minimum atomic E-state index is -2.02. The number of esters is 1. The Morgan fingerprint density at radius 1 is 0.771 bits per heavy atom. The third-order valence-electron chi connectivity index (χ3n) is 7.27. The molecule has 10 heteroatoms. The number of amidine groups is 1. The monoisotopic (exact) mass is 644 g/mol. The second kappa shape index (κ2) is 15.3. The van der Waals surface area contributed by atoms with Crippen molar-refractivity contribution in [3.05, 3.63) is 150 Å². The Labute approximate surface area is 278 Å². The molecule has 0 saturated heterocycles. The number of methoxy groups -OCH3 is 1. The minimum absolute atomic E-state index is 0.107. The number of hydrogen-bond donors (Lipinski definition) is 4. The van der Waals surface area contributed by atoms with E-state index in [0.717, 1.165) is 16.9 Å². The van der Waals surface area contributed by atoms with Gasteiger partial charge in [0.2, 0.25) is 0 Å². The second-order valence-corrected chi connectivity index (χ2v) is 10.8. The van der Waals surface area contributed by atoms with Crippen LogP contribution in [0.5, 0.6) is 23.0 Å². The number of carbonyl (C=O) groups is 2. The molecule has 0 aliphatic carbocycles. The number of carbonyl (C=O) groups excluding carboxylic acids is 2. The fourth-order valence-corrected chi connectivity index (χ4v) is 4.94. The summed E-state index contributed by atoms with van der Waals surface area (Å²) in [5, 5.41) is 13.7. The molecule has 0 aliphatic rings. The lowest BCUT2D eigenvalue weighted by molar-refractivity contribution is -0.165. The van der Waals surface area contributed by atoms with Crippen molar-refractivity contribution in [2.75, 3.05) is 12.4 Å². The molecule has 10 nitrogen and oxygen atoms in total. The van der Waals surface area contributed by atoms with Gasteiger partial charge in [0.1, 0.15) is 23.9 Å². The predicted molar refractivity (Wildman–Crippen MR) is 183 cm³/mol. The first kappa shape index (κ1) is 33.1. The quantitative estimate of drug-likeness (QED) is 0.0464. The van der Waals surface area contributed by atoms with Gasteiger partial charge in [-0.15, -0.1) is 0 Å². The molecule has 5 aromatic rings. The Morgan fingerprint density at radius 2 is 1.44 bits per heavy atom. The molecule has 0 fully saturated rings. The number of benzene rings is 5. The van der Waals surface area contributed by atoms with E-state index < -0.39 is 17.6 Å². The fourth-order valence-electron chi connectivity index (χ4n) is 4.94. The number of hydrogen-bond acceptors (Lipinski definition) is 8. The summed E-state index contributed by atoms with van der Waals surface area (Å²) in [5.41, 5.74) is 6.54. The number of nitrogen functional groups attached to an aromatic ring is 1. The summed E-state index contributed by atoms with van der Waals surface area (Å²) in [6, 6.07) is 37.8. The van der Waals surface area contributed by atoms with Gasteiger partial charge < -0.3 is 35.3 Å². The summed E-state index contributed by atoms with van der Waals surface area (Å²) in [6.45, 7) is 1.61. The van der Waals surface area contributed by atoms with E-state index in [0.29, 0.717) is 28.5 Å². The maximum absolute atomic E-state index is 14.1. The second-order valence-electron chi connectivity index (χ2n) is 10.8. The molecule has 0 unspecified atom stereocenters. The van der Waals surface area contributed by atoms with Crippen molar-refractivity contribution in [2.45, 2.75) is 25.8 Å². The van der Waals surface area contributed by atoms with E-state index >= 15 is 0 Å². The molecule has 1 atom stereocenters. The molecular weight excluding hydrogens is 608 g/mol. The van der Waals surface area contributed by atoms with Crippen molar-refractivity contribution in [2.24, 2.45) is 5.73 Å². The number of anilines is 1. The lowest BCUT2D eigenvalue weighted by atomic mass is 9.99. The van der Waals surface area contributed by atoms with Crippen LogP contribution in [0.1, 0.15) is 29.2 Å². The van der Waals surface area contributed by atoms with Crippen LogP contribution in [0.2, 0.25) is 0 Å². The van der Waals surface area contributed by atoms with Crippen LogP contribution >= 0.6 is 0 Å². The zero-order valence-corrected chi connectivity index (χ0v) is 26.6. The van der Waals surface area contributed by atoms with Crippen molar-refractivity contribution in [1.82, 2.24) is 5.32 Å². The third kappa shape index (κ3) is 8.29. The van der Waals surface area contributed by atoms with E-state index in [4.69, 9.17) is 30.1 Å². The molecule has 0 aromatic heterocycles. The van der Waals surface area contributed by atoms with Gasteiger partial charge >= 0.3 is 5.97 Å². The smallest absolute Gasteiger partial charge is 0.305 e. The number of ether oxygens (including phenoxy) is 4. The van der Waals surface area contributed by atoms with Crippen LogP contribution in [0.15, 0.2) is 127 Å². The molecule has 0 radical (unpaired) electrons. The average Bonchev–Trinajstić information content (AvgIpc) is 3.10. The van der Waals surface area contributed by atoms with Crippen LogP contribution in [0.4, 0.5) is 5.69 Å². The molecule has 0 spiro atoms. The first-order chi connectivity index (χ1) is 23.3. The lowest BCUT2D eigenvalue weighted by Crippen LogP contribution is -2.52. The molecule has 0 aliphatic heterocycles. The first-order valence-corrected chi connectivity index (χ1v) is 15.1. The first-order valence-electron chi connectivity index (χ1n) is 15.1. The van der Waals surface area contributed by atoms with Crippen molar-refractivity contribution in [3.63, 3.8) is 0 Å². The molecule has 0 saturated carbocycles. The lowest BCUT2D eigenvalue weighted by Gasteiger charge is -2.34. The van der Waals surface area contributed by atoms with Gasteiger partial charge in [0.25, 0.3) is 11.6 Å². The van der Waals surface area contributed by atoms with E-state index in [9.17, 15) is 9.59 Å². The van der Waals surface area contributed by atoms with Crippen molar-refractivity contribution >= 4 is 23.4 Å². The van der Waals surface area contributed by atoms with Crippen molar-refractivity contribution < 1.29 is 28.5 Å². The number of rotatable bonds is 14. The van der Waals surface area contributed by atoms with Crippen molar-refractivity contribution in [3.8, 4) is 23.0 Å². The highest BCUT2D eigenvalue weighted by molar-refractivity contribution is 5.95. The number of nitrogens with one attached hydrogen (secondary N) is 3. The van der Waals surface area contributed by atoms with Crippen LogP contribution in [-0.4, -0.2) is 24.8 Å². The maximum Gasteiger partial charge on any atom is 0.305 e. The van der Waals surface area contributed by atoms with E-state index in [-0.39, 0.29) is 24.6 Å². The molecule has 244 valence electrons. The molecular formula is C38H36N4O6. The van der Waals surface area contributed by atoms with Gasteiger partial charge in [0.15, 0.2) is 11.5 Å². The van der Waals surface area contributed by atoms with E-state index in [1.165, 1.54) is 14.0 Å². The van der Waals surface area contributed by atoms with Gasteiger partial charge in [0, 0.05) is 30.3 Å². The van der Waals surface area contributed by atoms with E-state index in [1.54, 1.807) is 42.5 Å². The molecule has 48 heavy (non-hydrogen) atoms. The normalized spacial score (nSPS) is 11.8. The van der Waals surface area contributed by atoms with Gasteiger partial charge in [0.05, 0.1) is 7.11 Å². The molecule has 5 rings (SSSR count). The Morgan fingerprint density at radius 3 is 2.10 bits per heavy atom. The Kier molecular flexibility index (Phi) is 10.6. The van der Waals surface area contributed by atoms with Crippen LogP contribution in [0.3, 0.4) is 0 Å². The Hall–Kier alpha value is -6.29. The maximum atomic E-state index is 14.1. The van der Waals surface area contributed by atoms with Gasteiger partial charge in [-0.05, 0) is 77.9 Å². The van der Waals surface area contributed by atoms with Crippen LogP contribution in [0.25, 0.3) is 0 Å². The van der Waals surface area contributed by atoms with Crippen LogP contribution in [-0.2, 0) is 33.2 Å². The van der Waals surface area contributed by atoms with Crippen molar-refractivity contribution in [1.29, 1.82) is 5.41 Å². The number of para-hydroxylation sites is 1. The van der Waals surface area contributed by atoms with Crippen LogP contribution in [0, 0.1) is 5.41 Å². The standard InChI is InChI=1S/C38H36N4O6/c1-26(43)48-38(37(44)41-24-27-10-5-3-6-11-27,42-31-19-16-29(17-20-31)36(39)40)30-18-21-34(35(23-30)45-2)46-25-28-12-9-15-33(22-28)47-32-13-7-4-8-14-32/h3-23,42H,24-25H2,1-2H3,(H3,39,40)(H,41,44)/t38-/m0/s1. The number of nitrogens with two attached hydrogens (primary N) is 1. The van der Waals surface area contributed by atoms with E-state index in [2.05, 4.69) is 10.6 Å². The highest BCUT2D eigenvalue weighted by Gasteiger charge is 2.45. The molecule has 0 heterocycles. The van der Waals surface area contributed by atoms with Gasteiger partial charge in [-0.2, -0.15) is 0 Å². The largest absolute Gasteiger partial charge is 0.493 e. The van der Waals surface area contributed by atoms with Gasteiger partial charge in [-0.3, -0.25) is 15.0 Å². The zero-order valence-electron chi connectivity index (χ0n) is 26.6. The van der Waals surface area contributed by atoms with E-state index in [1.807, 2.05) is 84.9 Å². The average molecular weight is 645 g/mol. The Balaban J connectivity index is 1.45.